The highest BCUT2D eigenvalue weighted by Crippen LogP contribution is 2.18. The summed E-state index contributed by atoms with van der Waals surface area (Å²) in [5.41, 5.74) is 0. The number of hydrogen-bond acceptors (Lipinski definition) is 2. The first kappa shape index (κ1) is 19.0. The molecule has 0 N–H and O–H groups in total. The van der Waals surface area contributed by atoms with Gasteiger partial charge in [0.2, 0.25) is 0 Å². The van der Waals surface area contributed by atoms with E-state index in [2.05, 4.69) is 28.5 Å². The zero-order valence-corrected chi connectivity index (χ0v) is 15.7. The number of halogens is 1. The van der Waals surface area contributed by atoms with E-state index in [1.807, 2.05) is 28.2 Å². The molecule has 1 heterocycles. The molecular weight excluding hydrogens is 351 g/mol. The molecule has 1 saturated heterocycles. The summed E-state index contributed by atoms with van der Waals surface area (Å²) in [6.45, 7) is 8.01. The Kier molecular flexibility index (Phi) is 8.98. The molecule has 0 aliphatic carbocycles. The predicted molar refractivity (Wildman–Crippen MR) is 94.5 cm³/mol. The van der Waals surface area contributed by atoms with Crippen LogP contribution in [0.5, 0.6) is 0 Å². The fourth-order valence-corrected chi connectivity index (χ4v) is 2.48. The van der Waals surface area contributed by atoms with Gasteiger partial charge >= 0.3 is 0 Å². The molecule has 0 aromatic heterocycles. The van der Waals surface area contributed by atoms with E-state index in [1.54, 1.807) is 0 Å². The van der Waals surface area contributed by atoms with E-state index in [1.165, 1.54) is 25.9 Å². The lowest BCUT2D eigenvalue weighted by Crippen LogP contribution is -2.42. The fraction of sp³-hybridized carbons (Fsp3) is 0.929. The number of aliphatic imine (C=N–C) groups is 1. The van der Waals surface area contributed by atoms with Gasteiger partial charge in [-0.1, -0.05) is 6.92 Å². The third-order valence-electron chi connectivity index (χ3n) is 3.74. The first-order valence-corrected chi connectivity index (χ1v) is 7.05. The smallest absolute Gasteiger partial charge is 0.195 e. The summed E-state index contributed by atoms with van der Waals surface area (Å²) in [5, 5.41) is 0. The van der Waals surface area contributed by atoms with Gasteiger partial charge < -0.3 is 9.80 Å². The van der Waals surface area contributed by atoms with E-state index in [9.17, 15) is 0 Å². The molecule has 0 amide bonds. The topological polar surface area (TPSA) is 22.1 Å². The van der Waals surface area contributed by atoms with Gasteiger partial charge in [0, 0.05) is 34.2 Å². The maximum atomic E-state index is 4.74. The van der Waals surface area contributed by atoms with Crippen molar-refractivity contribution in [1.82, 2.24) is 14.7 Å². The Morgan fingerprint density at radius 1 is 1.16 bits per heavy atom. The molecule has 0 bridgehead atoms. The molecule has 0 spiro atoms. The zero-order valence-electron chi connectivity index (χ0n) is 13.4. The predicted octanol–water partition coefficient (Wildman–Crippen LogP) is 2.20. The Hall–Kier alpha value is -0.0400. The van der Waals surface area contributed by atoms with Gasteiger partial charge in [-0.05, 0) is 38.8 Å². The summed E-state index contributed by atoms with van der Waals surface area (Å²) in [5.74, 6) is 1.95. The highest BCUT2D eigenvalue weighted by atomic mass is 127. The van der Waals surface area contributed by atoms with Crippen LogP contribution in [-0.4, -0.2) is 74.5 Å². The van der Waals surface area contributed by atoms with Gasteiger partial charge in [-0.15, -0.1) is 24.0 Å². The number of hydrogen-bond donors (Lipinski definition) is 0. The van der Waals surface area contributed by atoms with Crippen molar-refractivity contribution in [3.05, 3.63) is 0 Å². The lowest BCUT2D eigenvalue weighted by molar-refractivity contribution is 0.150. The minimum absolute atomic E-state index is 0. The van der Waals surface area contributed by atoms with Crippen LogP contribution < -0.4 is 0 Å². The molecule has 0 saturated carbocycles. The molecule has 0 aromatic carbocycles. The van der Waals surface area contributed by atoms with Crippen LogP contribution in [0.25, 0.3) is 0 Å². The normalized spacial score (nSPS) is 18.4. The maximum absolute atomic E-state index is 4.74. The molecule has 0 radical (unpaired) electrons. The van der Waals surface area contributed by atoms with Crippen molar-refractivity contribution in [3.63, 3.8) is 0 Å². The third-order valence-corrected chi connectivity index (χ3v) is 3.74. The molecular formula is C14H31IN4. The number of nitrogens with zero attached hydrogens (tertiary/aromatic N) is 4. The zero-order chi connectivity index (χ0) is 13.7. The van der Waals surface area contributed by atoms with Crippen molar-refractivity contribution in [3.8, 4) is 0 Å². The van der Waals surface area contributed by atoms with Crippen molar-refractivity contribution in [1.29, 1.82) is 0 Å². The second-order valence-electron chi connectivity index (χ2n) is 6.00. The van der Waals surface area contributed by atoms with Gasteiger partial charge in [0.25, 0.3) is 0 Å². The molecule has 1 aliphatic heterocycles. The minimum Gasteiger partial charge on any atom is -0.349 e. The van der Waals surface area contributed by atoms with Crippen LogP contribution in [0.3, 0.4) is 0 Å². The first-order chi connectivity index (χ1) is 8.41. The van der Waals surface area contributed by atoms with E-state index < -0.39 is 0 Å². The lowest BCUT2D eigenvalue weighted by Gasteiger charge is -2.34. The Bertz CT molecular complexity index is 261. The lowest BCUT2D eigenvalue weighted by atomic mass is 9.98. The standard InChI is InChI=1S/C14H30N4.HI/c1-12-7-9-18(10-8-12)13(2)11-15-14(16(3)4)17(5)6;/h12-13H,7-11H2,1-6H3;1H. The molecule has 4 nitrogen and oxygen atoms in total. The summed E-state index contributed by atoms with van der Waals surface area (Å²) < 4.78 is 0. The summed E-state index contributed by atoms with van der Waals surface area (Å²) in [7, 11) is 8.19. The molecule has 0 aromatic rings. The summed E-state index contributed by atoms with van der Waals surface area (Å²) in [4.78, 5) is 11.5. The Morgan fingerprint density at radius 3 is 2.05 bits per heavy atom. The first-order valence-electron chi connectivity index (χ1n) is 7.05. The molecule has 1 aliphatic rings. The van der Waals surface area contributed by atoms with E-state index in [0.29, 0.717) is 6.04 Å². The highest BCUT2D eigenvalue weighted by molar-refractivity contribution is 14.0. The van der Waals surface area contributed by atoms with E-state index >= 15 is 0 Å². The van der Waals surface area contributed by atoms with Gasteiger partial charge in [-0.25, -0.2) is 0 Å². The van der Waals surface area contributed by atoms with Crippen LogP contribution in [0.15, 0.2) is 4.99 Å². The van der Waals surface area contributed by atoms with Crippen LogP contribution in [0.1, 0.15) is 26.7 Å². The average Bonchev–Trinajstić information content (AvgIpc) is 2.28. The summed E-state index contributed by atoms with van der Waals surface area (Å²) in [6, 6.07) is 0.549. The van der Waals surface area contributed by atoms with Gasteiger partial charge in [0.15, 0.2) is 5.96 Å². The summed E-state index contributed by atoms with van der Waals surface area (Å²) >= 11 is 0. The largest absolute Gasteiger partial charge is 0.349 e. The quantitative estimate of drug-likeness (QED) is 0.425. The van der Waals surface area contributed by atoms with Crippen molar-refractivity contribution >= 4 is 29.9 Å². The second-order valence-corrected chi connectivity index (χ2v) is 6.00. The fourth-order valence-electron chi connectivity index (χ4n) is 2.48. The summed E-state index contributed by atoms with van der Waals surface area (Å²) in [6.07, 6.45) is 2.67. The van der Waals surface area contributed by atoms with E-state index in [4.69, 9.17) is 4.99 Å². The maximum Gasteiger partial charge on any atom is 0.195 e. The third kappa shape index (κ3) is 6.29. The molecule has 5 heteroatoms. The monoisotopic (exact) mass is 382 g/mol. The van der Waals surface area contributed by atoms with E-state index in [0.717, 1.165) is 18.4 Å². The number of guanidine groups is 1. The van der Waals surface area contributed by atoms with Gasteiger partial charge in [0.05, 0.1) is 6.54 Å². The van der Waals surface area contributed by atoms with E-state index in [-0.39, 0.29) is 24.0 Å². The number of piperidine rings is 1. The molecule has 1 rings (SSSR count). The van der Waals surface area contributed by atoms with Crippen LogP contribution in [0.4, 0.5) is 0 Å². The minimum atomic E-state index is 0. The Labute approximate surface area is 136 Å². The SMILES string of the molecule is CC1CCN(C(C)CN=C(N(C)C)N(C)C)CC1.I. The van der Waals surface area contributed by atoms with Gasteiger partial charge in [-0.3, -0.25) is 9.89 Å². The molecule has 1 atom stereocenters. The Balaban J connectivity index is 0.00000324. The van der Waals surface area contributed by atoms with Crippen molar-refractivity contribution in [2.75, 3.05) is 47.8 Å². The number of rotatable bonds is 3. The Morgan fingerprint density at radius 2 is 1.63 bits per heavy atom. The molecule has 19 heavy (non-hydrogen) atoms. The van der Waals surface area contributed by atoms with Crippen molar-refractivity contribution in [2.24, 2.45) is 10.9 Å². The van der Waals surface area contributed by atoms with Crippen LogP contribution >= 0.6 is 24.0 Å². The molecule has 114 valence electrons. The van der Waals surface area contributed by atoms with Crippen LogP contribution in [-0.2, 0) is 0 Å². The second kappa shape index (κ2) is 9.00. The average molecular weight is 382 g/mol. The van der Waals surface area contributed by atoms with Gasteiger partial charge in [-0.2, -0.15) is 0 Å². The van der Waals surface area contributed by atoms with Crippen molar-refractivity contribution < 1.29 is 0 Å². The molecule has 1 fully saturated rings. The highest BCUT2D eigenvalue weighted by Gasteiger charge is 2.20. The van der Waals surface area contributed by atoms with Crippen molar-refractivity contribution in [2.45, 2.75) is 32.7 Å². The van der Waals surface area contributed by atoms with Crippen LogP contribution in [0, 0.1) is 5.92 Å². The molecule has 1 unspecified atom stereocenters. The van der Waals surface area contributed by atoms with Crippen LogP contribution in [0.2, 0.25) is 0 Å². The van der Waals surface area contributed by atoms with Gasteiger partial charge in [0.1, 0.15) is 0 Å². The number of likely N-dealkylation sites (tertiary alicyclic amines) is 1.